The van der Waals surface area contributed by atoms with E-state index in [1.165, 1.54) is 0 Å². The molecule has 1 N–H and O–H groups in total. The summed E-state index contributed by atoms with van der Waals surface area (Å²) in [6.45, 7) is 8.25. The van der Waals surface area contributed by atoms with Crippen molar-refractivity contribution in [3.8, 4) is 11.5 Å². The van der Waals surface area contributed by atoms with E-state index in [4.69, 9.17) is 18.9 Å². The summed E-state index contributed by atoms with van der Waals surface area (Å²) in [6.07, 6.45) is 0.973. The molecule has 35 heavy (non-hydrogen) atoms. The van der Waals surface area contributed by atoms with Crippen LogP contribution in [0.15, 0.2) is 48.5 Å². The van der Waals surface area contributed by atoms with Gasteiger partial charge in [-0.05, 0) is 50.1 Å². The summed E-state index contributed by atoms with van der Waals surface area (Å²) in [5.41, 5.74) is 1.92. The van der Waals surface area contributed by atoms with Crippen LogP contribution in [0.2, 0.25) is 0 Å². The van der Waals surface area contributed by atoms with Gasteiger partial charge in [-0.15, -0.1) is 0 Å². The van der Waals surface area contributed by atoms with Crippen LogP contribution in [0.5, 0.6) is 11.5 Å². The smallest absolute Gasteiger partial charge is 0.415 e. The zero-order chi connectivity index (χ0) is 25.5. The lowest BCUT2D eigenvalue weighted by Gasteiger charge is -2.22. The monoisotopic (exact) mass is 487 g/mol. The van der Waals surface area contributed by atoms with Gasteiger partial charge in [0.05, 0.1) is 13.2 Å². The van der Waals surface area contributed by atoms with E-state index < -0.39 is 18.2 Å². The van der Waals surface area contributed by atoms with Crippen LogP contribution in [0.1, 0.15) is 37.8 Å². The van der Waals surface area contributed by atoms with E-state index in [0.29, 0.717) is 44.4 Å². The van der Waals surface area contributed by atoms with Crippen LogP contribution < -0.4 is 9.47 Å². The van der Waals surface area contributed by atoms with E-state index in [9.17, 15) is 14.7 Å². The lowest BCUT2D eigenvalue weighted by Crippen LogP contribution is -2.39. The number of aryl methyl sites for hydroxylation is 1. The lowest BCUT2D eigenvalue weighted by molar-refractivity contribution is -0.149. The Morgan fingerprint density at radius 1 is 0.914 bits per heavy atom. The first kappa shape index (κ1) is 28.1. The minimum Gasteiger partial charge on any atom is -0.492 e. The highest BCUT2D eigenvalue weighted by atomic mass is 16.6. The number of hydrogen-bond donors (Lipinski definition) is 1. The van der Waals surface area contributed by atoms with Gasteiger partial charge in [0.15, 0.2) is 6.10 Å². The van der Waals surface area contributed by atoms with Crippen molar-refractivity contribution in [3.05, 3.63) is 59.7 Å². The molecule has 1 amide bonds. The van der Waals surface area contributed by atoms with E-state index >= 15 is 0 Å². The molecular weight excluding hydrogens is 450 g/mol. The molecule has 0 saturated heterocycles. The Kier molecular flexibility index (Phi) is 12.7. The molecule has 0 aromatic heterocycles. The highest BCUT2D eigenvalue weighted by Gasteiger charge is 2.18. The first-order chi connectivity index (χ1) is 16.9. The van der Waals surface area contributed by atoms with E-state index in [1.807, 2.05) is 31.2 Å². The molecule has 0 aliphatic carbocycles. The largest absolute Gasteiger partial charge is 0.492 e. The summed E-state index contributed by atoms with van der Waals surface area (Å²) >= 11 is 0. The molecular formula is C27H37NO7. The number of nitrogens with zero attached hydrogens (tertiary/aromatic N) is 1. The molecule has 1 unspecified atom stereocenters. The highest BCUT2D eigenvalue weighted by Crippen LogP contribution is 2.16. The second kappa shape index (κ2) is 15.7. The van der Waals surface area contributed by atoms with E-state index in [2.05, 4.69) is 6.92 Å². The number of benzene rings is 2. The van der Waals surface area contributed by atoms with Crippen molar-refractivity contribution in [1.82, 2.24) is 4.90 Å². The van der Waals surface area contributed by atoms with Crippen LogP contribution in [0.4, 0.5) is 4.79 Å². The zero-order valence-electron chi connectivity index (χ0n) is 20.9. The van der Waals surface area contributed by atoms with Crippen molar-refractivity contribution < 1.29 is 33.6 Å². The van der Waals surface area contributed by atoms with Crippen molar-refractivity contribution in [1.29, 1.82) is 0 Å². The maximum Gasteiger partial charge on any atom is 0.415 e. The number of carboxylic acid groups (broad SMARTS) is 1. The summed E-state index contributed by atoms with van der Waals surface area (Å²) < 4.78 is 22.2. The van der Waals surface area contributed by atoms with Crippen molar-refractivity contribution in [2.45, 2.75) is 46.1 Å². The van der Waals surface area contributed by atoms with Gasteiger partial charge in [0.25, 0.3) is 0 Å². The third-order valence-corrected chi connectivity index (χ3v) is 5.25. The Hall–Kier alpha value is -3.10. The van der Waals surface area contributed by atoms with Gasteiger partial charge in [-0.25, -0.2) is 9.59 Å². The first-order valence-corrected chi connectivity index (χ1v) is 12.1. The molecule has 2 aromatic rings. The van der Waals surface area contributed by atoms with Gasteiger partial charge in [0, 0.05) is 26.2 Å². The van der Waals surface area contributed by atoms with Gasteiger partial charge in [0.1, 0.15) is 18.1 Å². The second-order valence-electron chi connectivity index (χ2n) is 8.11. The van der Waals surface area contributed by atoms with E-state index in [-0.39, 0.29) is 13.0 Å². The maximum atomic E-state index is 12.7. The van der Waals surface area contributed by atoms with Gasteiger partial charge >= 0.3 is 12.1 Å². The summed E-state index contributed by atoms with van der Waals surface area (Å²) in [6, 6.07) is 14.5. The number of ether oxygens (including phenoxy) is 4. The minimum absolute atomic E-state index is 0.272. The van der Waals surface area contributed by atoms with E-state index in [1.54, 1.807) is 36.1 Å². The van der Waals surface area contributed by atoms with Gasteiger partial charge in [-0.2, -0.15) is 0 Å². The van der Waals surface area contributed by atoms with Crippen molar-refractivity contribution in [2.75, 3.05) is 39.5 Å². The SMILES string of the molecule is CCCCOCCN(CCOc1ccc(CC(OCC)C(=O)O)cc1)C(=O)Oc1ccc(C)cc1. The molecule has 2 aromatic carbocycles. The van der Waals surface area contributed by atoms with Crippen molar-refractivity contribution >= 4 is 12.1 Å². The Balaban J connectivity index is 1.89. The van der Waals surface area contributed by atoms with Crippen LogP contribution in [-0.2, 0) is 20.7 Å². The topological polar surface area (TPSA) is 94.5 Å². The third-order valence-electron chi connectivity index (χ3n) is 5.25. The zero-order valence-corrected chi connectivity index (χ0v) is 20.9. The second-order valence-corrected chi connectivity index (χ2v) is 8.11. The third kappa shape index (κ3) is 10.8. The number of carbonyl (C=O) groups excluding carboxylic acids is 1. The van der Waals surface area contributed by atoms with Crippen molar-refractivity contribution in [3.63, 3.8) is 0 Å². The molecule has 0 saturated carbocycles. The Labute approximate surface area is 207 Å². The van der Waals surface area contributed by atoms with Gasteiger partial charge < -0.3 is 29.0 Å². The molecule has 0 spiro atoms. The first-order valence-electron chi connectivity index (χ1n) is 12.1. The molecule has 8 heteroatoms. The molecule has 0 aliphatic rings. The summed E-state index contributed by atoms with van der Waals surface area (Å²) in [5, 5.41) is 9.24. The molecule has 8 nitrogen and oxygen atoms in total. The van der Waals surface area contributed by atoms with Gasteiger partial charge in [-0.3, -0.25) is 0 Å². The van der Waals surface area contributed by atoms with Crippen LogP contribution in [0.25, 0.3) is 0 Å². The maximum absolute atomic E-state index is 12.7. The Bertz CT molecular complexity index is 883. The quantitative estimate of drug-likeness (QED) is 0.342. The summed E-state index contributed by atoms with van der Waals surface area (Å²) in [4.78, 5) is 25.6. The van der Waals surface area contributed by atoms with Gasteiger partial charge in [0.2, 0.25) is 0 Å². The number of unbranched alkanes of at least 4 members (excludes halogenated alkanes) is 1. The summed E-state index contributed by atoms with van der Waals surface area (Å²) in [5.74, 6) is 0.132. The van der Waals surface area contributed by atoms with Crippen molar-refractivity contribution in [2.24, 2.45) is 0 Å². The van der Waals surface area contributed by atoms with Crippen LogP contribution in [-0.4, -0.2) is 67.7 Å². The molecule has 0 fully saturated rings. The normalized spacial score (nSPS) is 11.6. The number of amides is 1. The average Bonchev–Trinajstić information content (AvgIpc) is 2.84. The molecule has 0 aliphatic heterocycles. The Morgan fingerprint density at radius 3 is 2.20 bits per heavy atom. The standard InChI is InChI=1S/C27H37NO7/c1-4-6-17-32-18-15-28(27(31)35-24-11-7-21(3)8-12-24)16-19-34-23-13-9-22(10-14-23)20-25(26(29)30)33-5-2/h7-14,25H,4-6,15-20H2,1-3H3,(H,29,30). The fourth-order valence-corrected chi connectivity index (χ4v) is 3.22. The molecule has 0 radical (unpaired) electrons. The predicted molar refractivity (Wildman–Crippen MR) is 133 cm³/mol. The van der Waals surface area contributed by atoms with Crippen LogP contribution >= 0.6 is 0 Å². The summed E-state index contributed by atoms with van der Waals surface area (Å²) in [7, 11) is 0. The van der Waals surface area contributed by atoms with E-state index in [0.717, 1.165) is 24.0 Å². The lowest BCUT2D eigenvalue weighted by atomic mass is 10.1. The molecule has 1 atom stereocenters. The average molecular weight is 488 g/mol. The number of rotatable bonds is 16. The van der Waals surface area contributed by atoms with Gasteiger partial charge in [-0.1, -0.05) is 43.2 Å². The predicted octanol–water partition coefficient (Wildman–Crippen LogP) is 4.72. The number of carboxylic acids is 1. The fourth-order valence-electron chi connectivity index (χ4n) is 3.22. The number of carbonyl (C=O) groups is 2. The minimum atomic E-state index is -0.983. The molecule has 2 rings (SSSR count). The highest BCUT2D eigenvalue weighted by molar-refractivity contribution is 5.72. The van der Waals surface area contributed by atoms with Crippen LogP contribution in [0.3, 0.4) is 0 Å². The Morgan fingerprint density at radius 2 is 1.57 bits per heavy atom. The number of aliphatic carboxylic acids is 1. The molecule has 0 heterocycles. The number of hydrogen-bond acceptors (Lipinski definition) is 6. The fraction of sp³-hybridized carbons (Fsp3) is 0.481. The molecule has 0 bridgehead atoms. The van der Waals surface area contributed by atoms with Crippen LogP contribution in [0, 0.1) is 6.92 Å². The molecule has 192 valence electrons.